The quantitative estimate of drug-likeness (QED) is 0.531. The Balaban J connectivity index is 1.77. The SMILES string of the molecule is CCOC(CCNC(=NC)NCc1ccccc1OC)C1CCCC1. The third-order valence-corrected chi connectivity index (χ3v) is 4.89. The first kappa shape index (κ1) is 19.6. The van der Waals surface area contributed by atoms with Gasteiger partial charge in [-0.15, -0.1) is 0 Å². The van der Waals surface area contributed by atoms with Crippen molar-refractivity contribution in [1.82, 2.24) is 10.6 Å². The van der Waals surface area contributed by atoms with E-state index in [4.69, 9.17) is 9.47 Å². The van der Waals surface area contributed by atoms with E-state index in [0.717, 1.165) is 42.8 Å². The summed E-state index contributed by atoms with van der Waals surface area (Å²) >= 11 is 0. The molecule has 1 atom stereocenters. The van der Waals surface area contributed by atoms with Gasteiger partial charge in [0.25, 0.3) is 0 Å². The molecule has 1 unspecified atom stereocenters. The Morgan fingerprint density at radius 1 is 1.24 bits per heavy atom. The highest BCUT2D eigenvalue weighted by molar-refractivity contribution is 5.79. The average Bonchev–Trinajstić information content (AvgIpc) is 3.18. The molecule has 0 heterocycles. The monoisotopic (exact) mass is 347 g/mol. The van der Waals surface area contributed by atoms with Crippen molar-refractivity contribution in [2.24, 2.45) is 10.9 Å². The van der Waals surface area contributed by atoms with Gasteiger partial charge < -0.3 is 20.1 Å². The molecule has 0 aromatic heterocycles. The van der Waals surface area contributed by atoms with Gasteiger partial charge >= 0.3 is 0 Å². The van der Waals surface area contributed by atoms with Crippen molar-refractivity contribution in [3.63, 3.8) is 0 Å². The van der Waals surface area contributed by atoms with Crippen LogP contribution in [0, 0.1) is 5.92 Å². The molecule has 1 aromatic carbocycles. The van der Waals surface area contributed by atoms with Crippen LogP contribution in [0.15, 0.2) is 29.3 Å². The minimum absolute atomic E-state index is 0.368. The van der Waals surface area contributed by atoms with Crippen LogP contribution < -0.4 is 15.4 Å². The van der Waals surface area contributed by atoms with Crippen molar-refractivity contribution in [2.75, 3.05) is 27.3 Å². The third-order valence-electron chi connectivity index (χ3n) is 4.89. The molecule has 25 heavy (non-hydrogen) atoms. The van der Waals surface area contributed by atoms with Gasteiger partial charge in [0.15, 0.2) is 5.96 Å². The topological polar surface area (TPSA) is 54.9 Å². The number of nitrogens with zero attached hydrogens (tertiary/aromatic N) is 1. The molecule has 1 aliphatic carbocycles. The van der Waals surface area contributed by atoms with Crippen molar-refractivity contribution >= 4 is 5.96 Å². The smallest absolute Gasteiger partial charge is 0.191 e. The summed E-state index contributed by atoms with van der Waals surface area (Å²) in [5.74, 6) is 2.43. The van der Waals surface area contributed by atoms with Gasteiger partial charge in [0.05, 0.1) is 13.2 Å². The maximum absolute atomic E-state index is 5.98. The van der Waals surface area contributed by atoms with E-state index in [9.17, 15) is 0 Å². The Bertz CT molecular complexity index is 527. The summed E-state index contributed by atoms with van der Waals surface area (Å²) in [7, 11) is 3.50. The van der Waals surface area contributed by atoms with E-state index in [1.54, 1.807) is 14.2 Å². The van der Waals surface area contributed by atoms with Crippen LogP contribution in [0.3, 0.4) is 0 Å². The highest BCUT2D eigenvalue weighted by Gasteiger charge is 2.25. The Morgan fingerprint density at radius 3 is 2.68 bits per heavy atom. The van der Waals surface area contributed by atoms with Gasteiger partial charge in [-0.2, -0.15) is 0 Å². The fourth-order valence-corrected chi connectivity index (χ4v) is 3.58. The molecule has 0 radical (unpaired) electrons. The molecule has 0 aliphatic heterocycles. The van der Waals surface area contributed by atoms with E-state index in [0.29, 0.717) is 12.6 Å². The van der Waals surface area contributed by atoms with E-state index in [1.165, 1.54) is 25.7 Å². The predicted molar refractivity (Wildman–Crippen MR) is 103 cm³/mol. The molecule has 0 spiro atoms. The van der Waals surface area contributed by atoms with Gasteiger partial charge in [0.2, 0.25) is 0 Å². The van der Waals surface area contributed by atoms with Crippen molar-refractivity contribution in [2.45, 2.75) is 51.7 Å². The molecule has 140 valence electrons. The summed E-state index contributed by atoms with van der Waals surface area (Å²) in [4.78, 5) is 4.31. The lowest BCUT2D eigenvalue weighted by Crippen LogP contribution is -2.39. The highest BCUT2D eigenvalue weighted by Crippen LogP contribution is 2.30. The molecule has 0 saturated heterocycles. The molecule has 0 amide bonds. The Labute approximate surface area is 152 Å². The molecule has 1 fully saturated rings. The number of guanidine groups is 1. The van der Waals surface area contributed by atoms with E-state index >= 15 is 0 Å². The van der Waals surface area contributed by atoms with Crippen LogP contribution in [-0.2, 0) is 11.3 Å². The lowest BCUT2D eigenvalue weighted by molar-refractivity contribution is 0.0169. The van der Waals surface area contributed by atoms with Crippen LogP contribution in [0.2, 0.25) is 0 Å². The first-order valence-corrected chi connectivity index (χ1v) is 9.46. The Morgan fingerprint density at radius 2 is 2.00 bits per heavy atom. The molecular weight excluding hydrogens is 314 g/mol. The molecule has 2 rings (SSSR count). The maximum atomic E-state index is 5.98. The number of para-hydroxylation sites is 1. The average molecular weight is 348 g/mol. The van der Waals surface area contributed by atoms with Crippen LogP contribution in [-0.4, -0.2) is 39.4 Å². The van der Waals surface area contributed by atoms with E-state index in [2.05, 4.69) is 28.6 Å². The molecule has 5 nitrogen and oxygen atoms in total. The predicted octanol–water partition coefficient (Wildman–Crippen LogP) is 3.35. The molecule has 0 bridgehead atoms. The first-order valence-electron chi connectivity index (χ1n) is 9.46. The second-order valence-corrected chi connectivity index (χ2v) is 6.49. The first-order chi connectivity index (χ1) is 12.3. The maximum Gasteiger partial charge on any atom is 0.191 e. The van der Waals surface area contributed by atoms with Crippen molar-refractivity contribution in [1.29, 1.82) is 0 Å². The molecule has 1 aliphatic rings. The standard InChI is InChI=1S/C20H33N3O2/c1-4-25-19(16-9-5-6-10-16)13-14-22-20(21-2)23-15-17-11-7-8-12-18(17)24-3/h7-8,11-12,16,19H,4-6,9-10,13-15H2,1-3H3,(H2,21,22,23). The Kier molecular flexibility index (Phi) is 8.60. The van der Waals surface area contributed by atoms with Crippen molar-refractivity contribution in [3.05, 3.63) is 29.8 Å². The number of aliphatic imine (C=N–C) groups is 1. The summed E-state index contributed by atoms with van der Waals surface area (Å²) in [6, 6.07) is 8.03. The van der Waals surface area contributed by atoms with Crippen LogP contribution >= 0.6 is 0 Å². The zero-order valence-electron chi connectivity index (χ0n) is 15.9. The van der Waals surface area contributed by atoms with Crippen LogP contribution in [0.1, 0.15) is 44.6 Å². The molecule has 1 saturated carbocycles. The third kappa shape index (κ3) is 6.24. The minimum atomic E-state index is 0.368. The van der Waals surface area contributed by atoms with Crippen molar-refractivity contribution in [3.8, 4) is 5.75 Å². The lowest BCUT2D eigenvalue weighted by Gasteiger charge is -2.24. The van der Waals surface area contributed by atoms with Crippen LogP contribution in [0.4, 0.5) is 0 Å². The fourth-order valence-electron chi connectivity index (χ4n) is 3.58. The van der Waals surface area contributed by atoms with Gasteiger partial charge in [-0.25, -0.2) is 0 Å². The zero-order valence-corrected chi connectivity index (χ0v) is 15.9. The van der Waals surface area contributed by atoms with E-state index in [-0.39, 0.29) is 0 Å². The summed E-state index contributed by atoms with van der Waals surface area (Å²) < 4.78 is 11.4. The number of rotatable bonds is 9. The summed E-state index contributed by atoms with van der Waals surface area (Å²) in [6.45, 7) is 4.43. The molecule has 2 N–H and O–H groups in total. The number of methoxy groups -OCH3 is 1. The second kappa shape index (κ2) is 11.0. The van der Waals surface area contributed by atoms with E-state index < -0.39 is 0 Å². The summed E-state index contributed by atoms with van der Waals surface area (Å²) in [5.41, 5.74) is 1.12. The molecular formula is C20H33N3O2. The zero-order chi connectivity index (χ0) is 17.9. The fraction of sp³-hybridized carbons (Fsp3) is 0.650. The van der Waals surface area contributed by atoms with Gasteiger partial charge in [0, 0.05) is 32.3 Å². The van der Waals surface area contributed by atoms with Crippen LogP contribution in [0.5, 0.6) is 5.75 Å². The number of ether oxygens (including phenoxy) is 2. The van der Waals surface area contributed by atoms with Crippen molar-refractivity contribution < 1.29 is 9.47 Å². The second-order valence-electron chi connectivity index (χ2n) is 6.49. The number of hydrogen-bond acceptors (Lipinski definition) is 3. The van der Waals surface area contributed by atoms with E-state index in [1.807, 2.05) is 18.2 Å². The molecule has 1 aromatic rings. The van der Waals surface area contributed by atoms with Gasteiger partial charge in [-0.05, 0) is 38.2 Å². The van der Waals surface area contributed by atoms with Gasteiger partial charge in [-0.3, -0.25) is 4.99 Å². The number of nitrogens with one attached hydrogen (secondary N) is 2. The number of hydrogen-bond donors (Lipinski definition) is 2. The highest BCUT2D eigenvalue weighted by atomic mass is 16.5. The largest absolute Gasteiger partial charge is 0.496 e. The number of benzene rings is 1. The van der Waals surface area contributed by atoms with Gasteiger partial charge in [-0.1, -0.05) is 31.0 Å². The normalized spacial score (nSPS) is 16.7. The summed E-state index contributed by atoms with van der Waals surface area (Å²) in [6.07, 6.45) is 6.71. The lowest BCUT2D eigenvalue weighted by atomic mass is 9.98. The molecule has 5 heteroatoms. The van der Waals surface area contributed by atoms with Gasteiger partial charge in [0.1, 0.15) is 5.75 Å². The minimum Gasteiger partial charge on any atom is -0.496 e. The summed E-state index contributed by atoms with van der Waals surface area (Å²) in [5, 5.41) is 6.76. The Hall–Kier alpha value is -1.75. The van der Waals surface area contributed by atoms with Crippen LogP contribution in [0.25, 0.3) is 0 Å².